The number of nitrogens with one attached hydrogen (secondary N) is 1. The molecular formula is C20H17N3O2. The molecule has 0 unspecified atom stereocenters. The van der Waals surface area contributed by atoms with Crippen molar-refractivity contribution in [2.45, 2.75) is 6.92 Å². The predicted octanol–water partition coefficient (Wildman–Crippen LogP) is 2.75. The number of amides is 1. The molecule has 5 nitrogen and oxygen atoms in total. The van der Waals surface area contributed by atoms with Crippen LogP contribution >= 0.6 is 0 Å². The summed E-state index contributed by atoms with van der Waals surface area (Å²) in [5, 5.41) is 2.70. The largest absolute Gasteiger partial charge is 0.481 e. The van der Waals surface area contributed by atoms with Crippen molar-refractivity contribution in [1.29, 1.82) is 0 Å². The molecule has 3 rings (SSSR count). The van der Waals surface area contributed by atoms with Crippen molar-refractivity contribution in [1.82, 2.24) is 15.3 Å². The van der Waals surface area contributed by atoms with E-state index < -0.39 is 0 Å². The lowest BCUT2D eigenvalue weighted by Gasteiger charge is -2.04. The summed E-state index contributed by atoms with van der Waals surface area (Å²) in [5.74, 6) is 6.25. The number of rotatable bonds is 4. The zero-order valence-electron chi connectivity index (χ0n) is 13.8. The van der Waals surface area contributed by atoms with Gasteiger partial charge in [0.1, 0.15) is 18.1 Å². The van der Waals surface area contributed by atoms with E-state index in [-0.39, 0.29) is 24.8 Å². The van der Waals surface area contributed by atoms with Gasteiger partial charge in [0, 0.05) is 0 Å². The zero-order valence-corrected chi connectivity index (χ0v) is 13.8. The molecule has 0 spiro atoms. The first-order valence-electron chi connectivity index (χ1n) is 7.88. The number of aromatic nitrogens is 2. The summed E-state index contributed by atoms with van der Waals surface area (Å²) >= 11 is 0. The van der Waals surface area contributed by atoms with Crippen LogP contribution in [0.25, 0.3) is 11.0 Å². The maximum atomic E-state index is 12.1. The number of ether oxygens (including phenoxy) is 1. The molecule has 0 bridgehead atoms. The number of fused-ring (bicyclic) bond motifs is 1. The Morgan fingerprint density at radius 2 is 1.84 bits per heavy atom. The molecule has 0 radical (unpaired) electrons. The topological polar surface area (TPSA) is 64.1 Å². The lowest BCUT2D eigenvalue weighted by Crippen LogP contribution is -2.24. The Morgan fingerprint density at radius 3 is 2.68 bits per heavy atom. The van der Waals surface area contributed by atoms with Crippen molar-refractivity contribution in [3.8, 4) is 17.6 Å². The van der Waals surface area contributed by atoms with Crippen LogP contribution < -0.4 is 10.1 Å². The Labute approximate surface area is 146 Å². The van der Waals surface area contributed by atoms with E-state index in [1.54, 1.807) is 0 Å². The van der Waals surface area contributed by atoms with Gasteiger partial charge in [0.15, 0.2) is 0 Å². The summed E-state index contributed by atoms with van der Waals surface area (Å²) in [5.41, 5.74) is 2.78. The van der Waals surface area contributed by atoms with Crippen LogP contribution in [-0.2, 0) is 0 Å². The molecular weight excluding hydrogens is 314 g/mol. The first kappa shape index (κ1) is 16.5. The number of nitrogens with zero attached hydrogens (tertiary/aromatic N) is 2. The third-order valence-electron chi connectivity index (χ3n) is 3.54. The molecule has 0 saturated heterocycles. The van der Waals surface area contributed by atoms with E-state index in [0.717, 1.165) is 16.8 Å². The van der Waals surface area contributed by atoms with Gasteiger partial charge in [-0.1, -0.05) is 42.2 Å². The molecule has 0 fully saturated rings. The number of carbonyl (C=O) groups is 1. The molecule has 1 heterocycles. The third-order valence-corrected chi connectivity index (χ3v) is 3.54. The van der Waals surface area contributed by atoms with Gasteiger partial charge in [0.25, 0.3) is 5.91 Å². The molecule has 3 aromatic rings. The molecule has 0 aliphatic heterocycles. The number of benzene rings is 2. The number of para-hydroxylation sites is 3. The average Bonchev–Trinajstić information content (AvgIpc) is 2.65. The molecule has 0 aliphatic rings. The van der Waals surface area contributed by atoms with Crippen LogP contribution in [0.15, 0.2) is 54.7 Å². The molecule has 5 heteroatoms. The molecule has 2 aromatic carbocycles. The second-order valence-electron chi connectivity index (χ2n) is 5.33. The van der Waals surface area contributed by atoms with Crippen LogP contribution in [0, 0.1) is 18.8 Å². The second kappa shape index (κ2) is 7.93. The first-order valence-corrected chi connectivity index (χ1v) is 7.88. The molecule has 1 aromatic heterocycles. The SMILES string of the molecule is Cc1ccccc1OCC#CCNC(=O)c1cnc2ccccc2n1. The monoisotopic (exact) mass is 331 g/mol. The van der Waals surface area contributed by atoms with Crippen molar-refractivity contribution in [2.75, 3.05) is 13.2 Å². The Kier molecular flexibility index (Phi) is 5.22. The highest BCUT2D eigenvalue weighted by molar-refractivity contribution is 5.93. The van der Waals surface area contributed by atoms with Crippen LogP contribution in [0.5, 0.6) is 5.75 Å². The van der Waals surface area contributed by atoms with Crippen LogP contribution in [0.4, 0.5) is 0 Å². The maximum Gasteiger partial charge on any atom is 0.272 e. The number of hydrogen-bond acceptors (Lipinski definition) is 4. The minimum Gasteiger partial charge on any atom is -0.481 e. The van der Waals surface area contributed by atoms with E-state index in [0.29, 0.717) is 5.52 Å². The predicted molar refractivity (Wildman–Crippen MR) is 96.3 cm³/mol. The first-order chi connectivity index (χ1) is 12.2. The van der Waals surface area contributed by atoms with Crippen LogP contribution in [0.2, 0.25) is 0 Å². The highest BCUT2D eigenvalue weighted by Crippen LogP contribution is 2.15. The average molecular weight is 331 g/mol. The third kappa shape index (κ3) is 4.33. The van der Waals surface area contributed by atoms with E-state index >= 15 is 0 Å². The molecule has 124 valence electrons. The minimum absolute atomic E-state index is 0.227. The summed E-state index contributed by atoms with van der Waals surface area (Å²) in [6, 6.07) is 15.2. The Morgan fingerprint density at radius 1 is 1.08 bits per heavy atom. The normalized spacial score (nSPS) is 9.96. The summed E-state index contributed by atoms with van der Waals surface area (Å²) in [4.78, 5) is 20.6. The lowest BCUT2D eigenvalue weighted by molar-refractivity contribution is 0.0953. The van der Waals surface area contributed by atoms with Crippen molar-refractivity contribution < 1.29 is 9.53 Å². The number of aryl methyl sites for hydroxylation is 1. The fraction of sp³-hybridized carbons (Fsp3) is 0.150. The van der Waals surface area contributed by atoms with E-state index in [9.17, 15) is 4.79 Å². The number of hydrogen-bond donors (Lipinski definition) is 1. The second-order valence-corrected chi connectivity index (χ2v) is 5.33. The smallest absolute Gasteiger partial charge is 0.272 e. The number of carbonyl (C=O) groups excluding carboxylic acids is 1. The van der Waals surface area contributed by atoms with E-state index in [1.165, 1.54) is 6.20 Å². The van der Waals surface area contributed by atoms with Crippen LogP contribution in [0.1, 0.15) is 16.1 Å². The zero-order chi connectivity index (χ0) is 17.5. The van der Waals surface area contributed by atoms with Gasteiger partial charge in [0.2, 0.25) is 0 Å². The van der Waals surface area contributed by atoms with Gasteiger partial charge < -0.3 is 10.1 Å². The quantitative estimate of drug-likeness (QED) is 0.747. The summed E-state index contributed by atoms with van der Waals surface area (Å²) in [6.45, 7) is 2.48. The van der Waals surface area contributed by atoms with E-state index in [2.05, 4.69) is 27.1 Å². The van der Waals surface area contributed by atoms with Gasteiger partial charge in [0.05, 0.1) is 23.8 Å². The highest BCUT2D eigenvalue weighted by Gasteiger charge is 2.07. The Hall–Kier alpha value is -3.39. The highest BCUT2D eigenvalue weighted by atomic mass is 16.5. The van der Waals surface area contributed by atoms with Gasteiger partial charge in [-0.15, -0.1) is 0 Å². The van der Waals surface area contributed by atoms with Gasteiger partial charge in [-0.2, -0.15) is 0 Å². The Balaban J connectivity index is 1.50. The summed E-state index contributed by atoms with van der Waals surface area (Å²) in [7, 11) is 0. The molecule has 1 N–H and O–H groups in total. The standard InChI is InChI=1S/C20H17N3O2/c1-15-8-2-5-11-19(15)25-13-7-6-12-21-20(24)18-14-22-16-9-3-4-10-17(16)23-18/h2-5,8-11,14H,12-13H2,1H3,(H,21,24). The molecule has 0 aliphatic carbocycles. The summed E-state index contributed by atoms with van der Waals surface area (Å²) < 4.78 is 5.57. The van der Waals surface area contributed by atoms with Gasteiger partial charge in [-0.05, 0) is 30.7 Å². The lowest BCUT2D eigenvalue weighted by atomic mass is 10.2. The molecule has 1 amide bonds. The van der Waals surface area contributed by atoms with Gasteiger partial charge in [-0.25, -0.2) is 4.98 Å². The van der Waals surface area contributed by atoms with Gasteiger partial charge >= 0.3 is 0 Å². The summed E-state index contributed by atoms with van der Waals surface area (Å²) in [6.07, 6.45) is 1.46. The van der Waals surface area contributed by atoms with Crippen molar-refractivity contribution in [3.05, 3.63) is 66.0 Å². The molecule has 0 saturated carbocycles. The van der Waals surface area contributed by atoms with Crippen molar-refractivity contribution in [3.63, 3.8) is 0 Å². The fourth-order valence-electron chi connectivity index (χ4n) is 2.23. The fourth-order valence-corrected chi connectivity index (χ4v) is 2.23. The van der Waals surface area contributed by atoms with E-state index in [4.69, 9.17) is 4.74 Å². The minimum atomic E-state index is -0.299. The molecule has 0 atom stereocenters. The van der Waals surface area contributed by atoms with Crippen LogP contribution in [-0.4, -0.2) is 29.0 Å². The Bertz CT molecular complexity index is 958. The van der Waals surface area contributed by atoms with E-state index in [1.807, 2.05) is 55.5 Å². The van der Waals surface area contributed by atoms with Crippen molar-refractivity contribution in [2.24, 2.45) is 0 Å². The maximum absolute atomic E-state index is 12.1. The van der Waals surface area contributed by atoms with Crippen LogP contribution in [0.3, 0.4) is 0 Å². The van der Waals surface area contributed by atoms with Gasteiger partial charge in [-0.3, -0.25) is 9.78 Å². The van der Waals surface area contributed by atoms with Crippen molar-refractivity contribution >= 4 is 16.9 Å². The molecule has 25 heavy (non-hydrogen) atoms.